The summed E-state index contributed by atoms with van der Waals surface area (Å²) in [5, 5.41) is 10.5. The number of rotatable bonds is 7. The number of nitrogens with one attached hydrogen (secondary N) is 2. The summed E-state index contributed by atoms with van der Waals surface area (Å²) in [6, 6.07) is 3.21. The minimum absolute atomic E-state index is 0.110. The number of aromatic nitrogens is 2. The lowest BCUT2D eigenvalue weighted by molar-refractivity contribution is -0.120. The molecule has 124 valence electrons. The van der Waals surface area contributed by atoms with Crippen molar-refractivity contribution >= 4 is 39.6 Å². The molecule has 3 rings (SSSR count). The Morgan fingerprint density at radius 2 is 2.21 bits per heavy atom. The smallest absolute Gasteiger partial charge is 0.293 e. The molecule has 0 radical (unpaired) electrons. The van der Waals surface area contributed by atoms with Crippen LogP contribution >= 0.6 is 22.7 Å². The van der Waals surface area contributed by atoms with Gasteiger partial charge in [0, 0.05) is 29.9 Å². The number of furan rings is 1. The summed E-state index contributed by atoms with van der Waals surface area (Å²) < 4.78 is 5.01. The fourth-order valence-corrected chi connectivity index (χ4v) is 3.25. The molecule has 0 aliphatic rings. The highest BCUT2D eigenvalue weighted by Gasteiger charge is 2.12. The molecule has 0 bridgehead atoms. The molecule has 0 atom stereocenters. The van der Waals surface area contributed by atoms with Crippen molar-refractivity contribution in [1.82, 2.24) is 15.3 Å². The van der Waals surface area contributed by atoms with Crippen molar-refractivity contribution in [2.75, 3.05) is 11.9 Å². The Balaban J connectivity index is 1.45. The van der Waals surface area contributed by atoms with Crippen LogP contribution in [0.4, 0.5) is 5.13 Å². The molecule has 0 spiro atoms. The van der Waals surface area contributed by atoms with Crippen molar-refractivity contribution in [2.24, 2.45) is 0 Å². The molecule has 3 aromatic heterocycles. The SMILES string of the molecule is O=C(Cc1csc(NC(=O)c2ccco2)n1)NCCc1nccs1. The molecule has 24 heavy (non-hydrogen) atoms. The van der Waals surface area contributed by atoms with Gasteiger partial charge in [0.25, 0.3) is 5.91 Å². The maximum Gasteiger partial charge on any atom is 0.293 e. The van der Waals surface area contributed by atoms with Gasteiger partial charge in [-0.15, -0.1) is 22.7 Å². The second-order valence-electron chi connectivity index (χ2n) is 4.78. The lowest BCUT2D eigenvalue weighted by Gasteiger charge is -2.02. The largest absolute Gasteiger partial charge is 0.459 e. The average Bonchev–Trinajstić information content (AvgIpc) is 3.30. The maximum absolute atomic E-state index is 11.9. The predicted octanol–water partition coefficient (Wildman–Crippen LogP) is 2.35. The van der Waals surface area contributed by atoms with Crippen molar-refractivity contribution in [2.45, 2.75) is 12.8 Å². The number of hydrogen-bond acceptors (Lipinski definition) is 7. The molecule has 0 aromatic carbocycles. The third-order valence-electron chi connectivity index (χ3n) is 3.00. The Bertz CT molecular complexity index is 797. The van der Waals surface area contributed by atoms with Crippen LogP contribution in [0.25, 0.3) is 0 Å². The Morgan fingerprint density at radius 3 is 2.96 bits per heavy atom. The zero-order valence-corrected chi connectivity index (χ0v) is 14.2. The van der Waals surface area contributed by atoms with Crippen LogP contribution < -0.4 is 10.6 Å². The van der Waals surface area contributed by atoms with E-state index in [0.717, 1.165) is 5.01 Å². The molecular formula is C15H14N4O3S2. The van der Waals surface area contributed by atoms with Gasteiger partial charge in [0.15, 0.2) is 10.9 Å². The Labute approximate surface area is 145 Å². The number of carbonyl (C=O) groups excluding carboxylic acids is 2. The molecule has 0 saturated carbocycles. The van der Waals surface area contributed by atoms with Gasteiger partial charge < -0.3 is 9.73 Å². The summed E-state index contributed by atoms with van der Waals surface area (Å²) in [5.41, 5.74) is 0.612. The minimum atomic E-state index is -0.367. The second kappa shape index (κ2) is 7.84. The molecule has 2 N–H and O–H groups in total. The molecule has 0 fully saturated rings. The topological polar surface area (TPSA) is 97.1 Å². The van der Waals surface area contributed by atoms with E-state index in [-0.39, 0.29) is 24.0 Å². The van der Waals surface area contributed by atoms with Crippen LogP contribution in [0.1, 0.15) is 21.3 Å². The van der Waals surface area contributed by atoms with Crippen LogP contribution in [-0.2, 0) is 17.6 Å². The van der Waals surface area contributed by atoms with Crippen LogP contribution in [0.2, 0.25) is 0 Å². The van der Waals surface area contributed by atoms with Crippen molar-refractivity contribution in [1.29, 1.82) is 0 Å². The van der Waals surface area contributed by atoms with Gasteiger partial charge in [-0.3, -0.25) is 14.9 Å². The third-order valence-corrected chi connectivity index (χ3v) is 4.65. The van der Waals surface area contributed by atoms with E-state index in [1.807, 2.05) is 5.38 Å². The standard InChI is InChI=1S/C15H14N4O3S2/c20-12(16-4-3-13-17-5-7-23-13)8-10-9-24-15(18-10)19-14(21)11-2-1-6-22-11/h1-2,5-7,9H,3-4,8H2,(H,16,20)(H,18,19,21). The third kappa shape index (κ3) is 4.49. The van der Waals surface area contributed by atoms with E-state index < -0.39 is 0 Å². The first-order valence-corrected chi connectivity index (χ1v) is 8.91. The molecular weight excluding hydrogens is 348 g/mol. The van der Waals surface area contributed by atoms with Crippen LogP contribution in [0.3, 0.4) is 0 Å². The van der Waals surface area contributed by atoms with Gasteiger partial charge in [-0.2, -0.15) is 0 Å². The van der Waals surface area contributed by atoms with Gasteiger partial charge >= 0.3 is 0 Å². The number of thiazole rings is 2. The van der Waals surface area contributed by atoms with Crippen LogP contribution in [0, 0.1) is 0 Å². The van der Waals surface area contributed by atoms with Crippen molar-refractivity contribution in [3.8, 4) is 0 Å². The first-order chi connectivity index (χ1) is 11.7. The molecule has 2 amide bonds. The highest BCUT2D eigenvalue weighted by molar-refractivity contribution is 7.14. The highest BCUT2D eigenvalue weighted by Crippen LogP contribution is 2.17. The van der Waals surface area contributed by atoms with E-state index in [9.17, 15) is 9.59 Å². The van der Waals surface area contributed by atoms with E-state index in [4.69, 9.17) is 4.42 Å². The molecule has 0 saturated heterocycles. The van der Waals surface area contributed by atoms with Gasteiger partial charge in [0.1, 0.15) is 0 Å². The van der Waals surface area contributed by atoms with Crippen molar-refractivity contribution in [3.05, 3.63) is 51.8 Å². The highest BCUT2D eigenvalue weighted by atomic mass is 32.1. The summed E-state index contributed by atoms with van der Waals surface area (Å²) in [4.78, 5) is 32.1. The van der Waals surface area contributed by atoms with E-state index in [0.29, 0.717) is 23.8 Å². The zero-order chi connectivity index (χ0) is 16.8. The van der Waals surface area contributed by atoms with E-state index in [1.165, 1.54) is 17.6 Å². The van der Waals surface area contributed by atoms with Crippen LogP contribution in [-0.4, -0.2) is 28.3 Å². The first-order valence-electron chi connectivity index (χ1n) is 7.15. The number of amides is 2. The number of hydrogen-bond donors (Lipinski definition) is 2. The van der Waals surface area contributed by atoms with E-state index in [1.54, 1.807) is 35.0 Å². The van der Waals surface area contributed by atoms with E-state index in [2.05, 4.69) is 20.6 Å². The Hall–Kier alpha value is -2.52. The van der Waals surface area contributed by atoms with E-state index >= 15 is 0 Å². The van der Waals surface area contributed by atoms with Gasteiger partial charge in [0.2, 0.25) is 5.91 Å². The molecule has 9 heteroatoms. The van der Waals surface area contributed by atoms with Gasteiger partial charge in [-0.05, 0) is 12.1 Å². The summed E-state index contributed by atoms with van der Waals surface area (Å²) in [6.45, 7) is 0.540. The summed E-state index contributed by atoms with van der Waals surface area (Å²) in [7, 11) is 0. The number of nitrogens with zero attached hydrogens (tertiary/aromatic N) is 2. The minimum Gasteiger partial charge on any atom is -0.459 e. The van der Waals surface area contributed by atoms with Gasteiger partial charge in [-0.25, -0.2) is 9.97 Å². The molecule has 3 heterocycles. The van der Waals surface area contributed by atoms with Crippen molar-refractivity contribution < 1.29 is 14.0 Å². The number of carbonyl (C=O) groups is 2. The lowest BCUT2D eigenvalue weighted by atomic mass is 10.3. The normalized spacial score (nSPS) is 10.5. The Morgan fingerprint density at radius 1 is 1.29 bits per heavy atom. The van der Waals surface area contributed by atoms with Crippen molar-refractivity contribution in [3.63, 3.8) is 0 Å². The fourth-order valence-electron chi connectivity index (χ4n) is 1.92. The first kappa shape index (κ1) is 16.3. The van der Waals surface area contributed by atoms with Crippen LogP contribution in [0.5, 0.6) is 0 Å². The molecule has 0 aliphatic carbocycles. The van der Waals surface area contributed by atoms with Crippen LogP contribution in [0.15, 0.2) is 39.8 Å². The zero-order valence-electron chi connectivity index (χ0n) is 12.5. The quantitative estimate of drug-likeness (QED) is 0.672. The summed E-state index contributed by atoms with van der Waals surface area (Å²) in [5.74, 6) is -0.263. The molecule has 0 aliphatic heterocycles. The average molecular weight is 362 g/mol. The van der Waals surface area contributed by atoms with Gasteiger partial charge in [0.05, 0.1) is 23.4 Å². The maximum atomic E-state index is 11.9. The summed E-state index contributed by atoms with van der Waals surface area (Å²) in [6.07, 6.45) is 4.06. The second-order valence-corrected chi connectivity index (χ2v) is 6.62. The summed E-state index contributed by atoms with van der Waals surface area (Å²) >= 11 is 2.83. The Kier molecular flexibility index (Phi) is 5.34. The fraction of sp³-hybridized carbons (Fsp3) is 0.200. The molecule has 0 unspecified atom stereocenters. The predicted molar refractivity (Wildman–Crippen MR) is 91.3 cm³/mol. The monoisotopic (exact) mass is 362 g/mol. The molecule has 3 aromatic rings. The number of anilines is 1. The van der Waals surface area contributed by atoms with Gasteiger partial charge in [-0.1, -0.05) is 0 Å². The lowest BCUT2D eigenvalue weighted by Crippen LogP contribution is -2.27. The molecule has 7 nitrogen and oxygen atoms in total.